The number of benzene rings is 4. The highest BCUT2D eigenvalue weighted by Crippen LogP contribution is 2.41. The number of methoxy groups -OCH3 is 2. The molecule has 1 amide bonds. The molecule has 0 saturated carbocycles. The zero-order valence-electron chi connectivity index (χ0n) is 21.1. The maximum Gasteiger partial charge on any atom is 0.239 e. The lowest BCUT2D eigenvalue weighted by molar-refractivity contribution is -0.125. The molecule has 4 aromatic carbocycles. The van der Waals surface area contributed by atoms with Crippen molar-refractivity contribution in [2.24, 2.45) is 5.73 Å². The molecule has 0 aromatic heterocycles. The van der Waals surface area contributed by atoms with E-state index in [9.17, 15) is 4.79 Å². The van der Waals surface area contributed by atoms with Crippen LogP contribution in [0.3, 0.4) is 0 Å². The standard InChI is InChI=1S/C31H32N2O4/c1-35-27-17-13-25(14-18-27)31(24-11-7-4-8-12-24,26-15-19-28(36-2)20-16-26)37-22-33-30(34)29(32)21-23-9-5-3-6-10-23/h3-20,29H,21-22,32H2,1-2H3,(H,33,34)/t29-/m0/s1. The minimum absolute atomic E-state index is 0.0473. The lowest BCUT2D eigenvalue weighted by atomic mass is 9.80. The van der Waals surface area contributed by atoms with Crippen LogP contribution in [0.15, 0.2) is 109 Å². The molecule has 0 heterocycles. The minimum Gasteiger partial charge on any atom is -0.497 e. The molecule has 0 saturated heterocycles. The summed E-state index contributed by atoms with van der Waals surface area (Å²) in [5.74, 6) is 1.19. The summed E-state index contributed by atoms with van der Waals surface area (Å²) in [6.45, 7) is -0.0473. The van der Waals surface area contributed by atoms with E-state index >= 15 is 0 Å². The average molecular weight is 497 g/mol. The number of amides is 1. The van der Waals surface area contributed by atoms with Gasteiger partial charge in [-0.3, -0.25) is 4.79 Å². The molecule has 4 aromatic rings. The Morgan fingerprint density at radius 2 is 1.19 bits per heavy atom. The van der Waals surface area contributed by atoms with Crippen molar-refractivity contribution in [3.63, 3.8) is 0 Å². The van der Waals surface area contributed by atoms with Crippen LogP contribution >= 0.6 is 0 Å². The molecule has 6 nitrogen and oxygen atoms in total. The van der Waals surface area contributed by atoms with E-state index in [1.807, 2.05) is 109 Å². The van der Waals surface area contributed by atoms with Gasteiger partial charge in [0.15, 0.2) is 0 Å². The van der Waals surface area contributed by atoms with E-state index in [2.05, 4.69) is 5.32 Å². The fourth-order valence-corrected chi connectivity index (χ4v) is 4.38. The van der Waals surface area contributed by atoms with Crippen LogP contribution in [0.1, 0.15) is 22.3 Å². The first-order valence-electron chi connectivity index (χ1n) is 12.1. The van der Waals surface area contributed by atoms with Crippen molar-refractivity contribution < 1.29 is 19.0 Å². The largest absolute Gasteiger partial charge is 0.497 e. The fourth-order valence-electron chi connectivity index (χ4n) is 4.38. The van der Waals surface area contributed by atoms with Crippen LogP contribution in [-0.4, -0.2) is 32.9 Å². The van der Waals surface area contributed by atoms with Crippen molar-refractivity contribution >= 4 is 5.91 Å². The van der Waals surface area contributed by atoms with Crippen LogP contribution < -0.4 is 20.5 Å². The molecule has 37 heavy (non-hydrogen) atoms. The molecule has 0 fully saturated rings. The molecule has 0 unspecified atom stereocenters. The van der Waals surface area contributed by atoms with Gasteiger partial charge in [0.1, 0.15) is 23.8 Å². The van der Waals surface area contributed by atoms with Gasteiger partial charge in [0.25, 0.3) is 0 Å². The van der Waals surface area contributed by atoms with Gasteiger partial charge in [0.2, 0.25) is 5.91 Å². The van der Waals surface area contributed by atoms with E-state index in [1.54, 1.807) is 14.2 Å². The maximum atomic E-state index is 12.9. The molecule has 0 aliphatic rings. The summed E-state index contributed by atoms with van der Waals surface area (Å²) < 4.78 is 17.4. The molecular formula is C31H32N2O4. The molecule has 1 atom stereocenters. The molecule has 0 bridgehead atoms. The molecule has 0 aliphatic carbocycles. The van der Waals surface area contributed by atoms with Gasteiger partial charge >= 0.3 is 0 Å². The van der Waals surface area contributed by atoms with Crippen LogP contribution in [0.4, 0.5) is 0 Å². The number of carbonyl (C=O) groups excluding carboxylic acids is 1. The molecule has 6 heteroatoms. The highest BCUT2D eigenvalue weighted by Gasteiger charge is 2.38. The van der Waals surface area contributed by atoms with E-state index in [-0.39, 0.29) is 12.6 Å². The zero-order valence-corrected chi connectivity index (χ0v) is 21.1. The summed E-state index contributed by atoms with van der Waals surface area (Å²) in [6.07, 6.45) is 0.438. The van der Waals surface area contributed by atoms with Crippen LogP contribution in [0.2, 0.25) is 0 Å². The second-order valence-electron chi connectivity index (χ2n) is 8.63. The number of hydrogen-bond acceptors (Lipinski definition) is 5. The van der Waals surface area contributed by atoms with Crippen LogP contribution in [0, 0.1) is 0 Å². The third-order valence-corrected chi connectivity index (χ3v) is 6.34. The predicted molar refractivity (Wildman–Crippen MR) is 145 cm³/mol. The average Bonchev–Trinajstić information content (AvgIpc) is 2.96. The number of nitrogens with two attached hydrogens (primary N) is 1. The lowest BCUT2D eigenvalue weighted by Gasteiger charge is -2.36. The SMILES string of the molecule is COc1ccc(C(OCNC(=O)[C@@H](N)Cc2ccccc2)(c2ccccc2)c2ccc(OC)cc2)cc1. The third kappa shape index (κ3) is 6.00. The van der Waals surface area contributed by atoms with Gasteiger partial charge in [-0.05, 0) is 52.9 Å². The van der Waals surface area contributed by atoms with Crippen molar-refractivity contribution in [1.29, 1.82) is 0 Å². The highest BCUT2D eigenvalue weighted by molar-refractivity contribution is 5.81. The van der Waals surface area contributed by atoms with Gasteiger partial charge in [0, 0.05) is 0 Å². The van der Waals surface area contributed by atoms with Gasteiger partial charge in [-0.15, -0.1) is 0 Å². The molecule has 0 radical (unpaired) electrons. The van der Waals surface area contributed by atoms with Crippen LogP contribution in [0.25, 0.3) is 0 Å². The number of hydrogen-bond donors (Lipinski definition) is 2. The molecule has 190 valence electrons. The molecule has 3 N–H and O–H groups in total. The van der Waals surface area contributed by atoms with Crippen LogP contribution in [-0.2, 0) is 21.6 Å². The van der Waals surface area contributed by atoms with Crippen molar-refractivity contribution in [2.75, 3.05) is 21.0 Å². The molecular weight excluding hydrogens is 464 g/mol. The Labute approximate surface area is 218 Å². The quantitative estimate of drug-likeness (QED) is 0.233. The Hall–Kier alpha value is -4.13. The second kappa shape index (κ2) is 12.2. The highest BCUT2D eigenvalue weighted by atomic mass is 16.5. The number of carbonyl (C=O) groups is 1. The topological polar surface area (TPSA) is 82.8 Å². The summed E-state index contributed by atoms with van der Waals surface area (Å²) in [4.78, 5) is 12.9. The summed E-state index contributed by atoms with van der Waals surface area (Å²) >= 11 is 0. The monoisotopic (exact) mass is 496 g/mol. The first-order valence-corrected chi connectivity index (χ1v) is 12.1. The van der Waals surface area contributed by atoms with E-state index in [0.717, 1.165) is 33.8 Å². The van der Waals surface area contributed by atoms with Gasteiger partial charge in [-0.2, -0.15) is 0 Å². The zero-order chi connectivity index (χ0) is 26.1. The van der Waals surface area contributed by atoms with Gasteiger partial charge in [0.05, 0.1) is 20.3 Å². The second-order valence-corrected chi connectivity index (χ2v) is 8.63. The van der Waals surface area contributed by atoms with Crippen molar-refractivity contribution in [3.8, 4) is 11.5 Å². The molecule has 0 aliphatic heterocycles. The first kappa shape index (κ1) is 25.9. The van der Waals surface area contributed by atoms with E-state index < -0.39 is 11.6 Å². The smallest absolute Gasteiger partial charge is 0.239 e. The summed E-state index contributed by atoms with van der Waals surface area (Å²) in [5, 5.41) is 2.88. The summed E-state index contributed by atoms with van der Waals surface area (Å²) in [7, 11) is 3.27. The molecule has 0 spiro atoms. The van der Waals surface area contributed by atoms with Crippen molar-refractivity contribution in [3.05, 3.63) is 131 Å². The Kier molecular flexibility index (Phi) is 8.56. The third-order valence-electron chi connectivity index (χ3n) is 6.34. The normalized spacial score (nSPS) is 12.0. The lowest BCUT2D eigenvalue weighted by Crippen LogP contribution is -2.45. The van der Waals surface area contributed by atoms with Crippen molar-refractivity contribution in [1.82, 2.24) is 5.32 Å². The Morgan fingerprint density at radius 3 is 1.68 bits per heavy atom. The Balaban J connectivity index is 1.66. The van der Waals surface area contributed by atoms with E-state index in [0.29, 0.717) is 6.42 Å². The summed E-state index contributed by atoms with van der Waals surface area (Å²) in [6, 6.07) is 34.4. The van der Waals surface area contributed by atoms with Gasteiger partial charge < -0.3 is 25.3 Å². The van der Waals surface area contributed by atoms with Gasteiger partial charge in [-0.1, -0.05) is 84.9 Å². The minimum atomic E-state index is -1.02. The van der Waals surface area contributed by atoms with Gasteiger partial charge in [-0.25, -0.2) is 0 Å². The number of nitrogens with one attached hydrogen (secondary N) is 1. The maximum absolute atomic E-state index is 12.9. The molecule has 4 rings (SSSR count). The fraction of sp³-hybridized carbons (Fsp3) is 0.194. The number of ether oxygens (including phenoxy) is 3. The van der Waals surface area contributed by atoms with E-state index in [4.69, 9.17) is 19.9 Å². The van der Waals surface area contributed by atoms with Crippen molar-refractivity contribution in [2.45, 2.75) is 18.1 Å². The number of rotatable bonds is 11. The Bertz CT molecular complexity index is 1210. The first-order chi connectivity index (χ1) is 18.1. The Morgan fingerprint density at radius 1 is 0.730 bits per heavy atom. The van der Waals surface area contributed by atoms with Crippen LogP contribution in [0.5, 0.6) is 11.5 Å². The predicted octanol–water partition coefficient (Wildman–Crippen LogP) is 4.66. The van der Waals surface area contributed by atoms with E-state index in [1.165, 1.54) is 0 Å². The summed E-state index contributed by atoms with van der Waals surface area (Å²) in [5.41, 5.74) is 8.86.